The standard InChI is InChI=1S/C14H11FN2O3/c1-8-4-9(7-16-6-8)13(18)17-12-5-10(15)2-3-11(12)14(19)20/h2-7H,1H3,(H,17,18)(H,19,20). The van der Waals surface area contributed by atoms with Crippen LogP contribution in [-0.4, -0.2) is 22.0 Å². The Labute approximate surface area is 114 Å². The van der Waals surface area contributed by atoms with E-state index in [4.69, 9.17) is 5.11 Å². The molecule has 6 heteroatoms. The molecule has 0 saturated heterocycles. The van der Waals surface area contributed by atoms with E-state index in [1.54, 1.807) is 19.2 Å². The van der Waals surface area contributed by atoms with Crippen molar-refractivity contribution in [2.45, 2.75) is 6.92 Å². The van der Waals surface area contributed by atoms with Crippen LogP contribution in [0.4, 0.5) is 10.1 Å². The third kappa shape index (κ3) is 2.97. The van der Waals surface area contributed by atoms with Gasteiger partial charge in [-0.2, -0.15) is 0 Å². The number of amides is 1. The Morgan fingerprint density at radius 2 is 2.00 bits per heavy atom. The first-order valence-electron chi connectivity index (χ1n) is 5.73. The van der Waals surface area contributed by atoms with Crippen molar-refractivity contribution in [1.29, 1.82) is 0 Å². The number of hydrogen-bond donors (Lipinski definition) is 2. The minimum Gasteiger partial charge on any atom is -0.478 e. The van der Waals surface area contributed by atoms with Crippen LogP contribution in [0.2, 0.25) is 0 Å². The number of anilines is 1. The number of halogens is 1. The number of nitrogens with zero attached hydrogens (tertiary/aromatic N) is 1. The molecule has 0 saturated carbocycles. The zero-order valence-electron chi connectivity index (χ0n) is 10.6. The fourth-order valence-electron chi connectivity index (χ4n) is 1.68. The van der Waals surface area contributed by atoms with E-state index in [9.17, 15) is 14.0 Å². The number of nitrogens with one attached hydrogen (secondary N) is 1. The summed E-state index contributed by atoms with van der Waals surface area (Å²) in [5, 5.41) is 11.4. The number of hydrogen-bond acceptors (Lipinski definition) is 3. The van der Waals surface area contributed by atoms with Crippen LogP contribution < -0.4 is 5.32 Å². The molecule has 102 valence electrons. The van der Waals surface area contributed by atoms with Gasteiger partial charge in [0.15, 0.2) is 0 Å². The normalized spacial score (nSPS) is 10.1. The molecule has 0 atom stereocenters. The molecule has 0 unspecified atom stereocenters. The van der Waals surface area contributed by atoms with Crippen molar-refractivity contribution in [1.82, 2.24) is 4.98 Å². The van der Waals surface area contributed by atoms with Gasteiger partial charge in [0.2, 0.25) is 0 Å². The number of benzene rings is 1. The lowest BCUT2D eigenvalue weighted by atomic mass is 10.1. The second-order valence-electron chi connectivity index (χ2n) is 4.20. The first kappa shape index (κ1) is 13.7. The van der Waals surface area contributed by atoms with E-state index < -0.39 is 17.7 Å². The van der Waals surface area contributed by atoms with Gasteiger partial charge in [0.1, 0.15) is 5.82 Å². The van der Waals surface area contributed by atoms with Crippen molar-refractivity contribution >= 4 is 17.6 Å². The third-order valence-electron chi connectivity index (χ3n) is 2.60. The van der Waals surface area contributed by atoms with Crippen LogP contribution in [0.3, 0.4) is 0 Å². The maximum absolute atomic E-state index is 13.2. The van der Waals surface area contributed by atoms with Crippen LogP contribution in [0, 0.1) is 12.7 Å². The predicted octanol–water partition coefficient (Wildman–Crippen LogP) is 2.48. The number of aromatic nitrogens is 1. The number of aryl methyl sites for hydroxylation is 1. The molecule has 0 bridgehead atoms. The molecule has 0 fully saturated rings. The number of carboxylic acids is 1. The maximum atomic E-state index is 13.2. The molecule has 0 aliphatic heterocycles. The summed E-state index contributed by atoms with van der Waals surface area (Å²) in [5.74, 6) is -2.43. The molecule has 0 spiro atoms. The molecule has 1 amide bonds. The molecule has 5 nitrogen and oxygen atoms in total. The Balaban J connectivity index is 2.32. The Kier molecular flexibility index (Phi) is 3.74. The highest BCUT2D eigenvalue weighted by Crippen LogP contribution is 2.18. The first-order valence-corrected chi connectivity index (χ1v) is 5.73. The zero-order valence-corrected chi connectivity index (χ0v) is 10.6. The summed E-state index contributed by atoms with van der Waals surface area (Å²) < 4.78 is 13.2. The molecule has 1 aromatic carbocycles. The molecule has 0 aliphatic rings. The summed E-state index contributed by atoms with van der Waals surface area (Å²) in [6, 6.07) is 4.68. The van der Waals surface area contributed by atoms with E-state index in [-0.39, 0.29) is 16.8 Å². The largest absolute Gasteiger partial charge is 0.478 e. The van der Waals surface area contributed by atoms with Crippen molar-refractivity contribution in [3.8, 4) is 0 Å². The lowest BCUT2D eigenvalue weighted by Crippen LogP contribution is -2.15. The van der Waals surface area contributed by atoms with E-state index in [1.165, 1.54) is 6.20 Å². The minimum atomic E-state index is -1.25. The van der Waals surface area contributed by atoms with Gasteiger partial charge in [-0.3, -0.25) is 9.78 Å². The van der Waals surface area contributed by atoms with Gasteiger partial charge in [0.25, 0.3) is 5.91 Å². The van der Waals surface area contributed by atoms with Crippen LogP contribution >= 0.6 is 0 Å². The van der Waals surface area contributed by atoms with Crippen molar-refractivity contribution < 1.29 is 19.1 Å². The quantitative estimate of drug-likeness (QED) is 0.901. The number of carbonyl (C=O) groups is 2. The van der Waals surface area contributed by atoms with E-state index >= 15 is 0 Å². The molecule has 20 heavy (non-hydrogen) atoms. The summed E-state index contributed by atoms with van der Waals surface area (Å²) in [6.45, 7) is 1.77. The molecule has 1 heterocycles. The second kappa shape index (κ2) is 5.48. The summed E-state index contributed by atoms with van der Waals surface area (Å²) in [5.41, 5.74) is 0.783. The van der Waals surface area contributed by atoms with E-state index in [0.717, 1.165) is 23.8 Å². The Hall–Kier alpha value is -2.76. The van der Waals surface area contributed by atoms with E-state index in [2.05, 4.69) is 10.3 Å². The summed E-state index contributed by atoms with van der Waals surface area (Å²) in [6.07, 6.45) is 2.93. The molecule has 0 aliphatic carbocycles. The van der Waals surface area contributed by atoms with Crippen molar-refractivity contribution in [3.05, 3.63) is 59.2 Å². The molecule has 2 N–H and O–H groups in total. The molecule has 2 rings (SSSR count). The summed E-state index contributed by atoms with van der Waals surface area (Å²) >= 11 is 0. The zero-order chi connectivity index (χ0) is 14.7. The molecule has 0 radical (unpaired) electrons. The fourth-order valence-corrected chi connectivity index (χ4v) is 1.68. The van der Waals surface area contributed by atoms with Crippen molar-refractivity contribution in [3.63, 3.8) is 0 Å². The topological polar surface area (TPSA) is 79.3 Å². The Morgan fingerprint density at radius 1 is 1.25 bits per heavy atom. The van der Waals surface area contributed by atoms with Gasteiger partial charge in [-0.15, -0.1) is 0 Å². The lowest BCUT2D eigenvalue weighted by molar-refractivity contribution is 0.0698. The van der Waals surface area contributed by atoms with E-state index in [0.29, 0.717) is 0 Å². The number of pyridine rings is 1. The SMILES string of the molecule is Cc1cncc(C(=O)Nc2cc(F)ccc2C(=O)O)c1. The van der Waals surface area contributed by atoms with Crippen LogP contribution in [0.1, 0.15) is 26.3 Å². The van der Waals surface area contributed by atoms with E-state index in [1.807, 2.05) is 0 Å². The van der Waals surface area contributed by atoms with Gasteiger partial charge in [0, 0.05) is 12.4 Å². The smallest absolute Gasteiger partial charge is 0.337 e. The van der Waals surface area contributed by atoms with Gasteiger partial charge >= 0.3 is 5.97 Å². The number of aromatic carboxylic acids is 1. The minimum absolute atomic E-state index is 0.0935. The molecule has 2 aromatic rings. The molecule has 1 aromatic heterocycles. The molecular weight excluding hydrogens is 263 g/mol. The predicted molar refractivity (Wildman–Crippen MR) is 70.3 cm³/mol. The fraction of sp³-hybridized carbons (Fsp3) is 0.0714. The van der Waals surface area contributed by atoms with Crippen LogP contribution in [0.25, 0.3) is 0 Å². The van der Waals surface area contributed by atoms with Gasteiger partial charge in [-0.05, 0) is 36.8 Å². The third-order valence-corrected chi connectivity index (χ3v) is 2.60. The average Bonchev–Trinajstić information content (AvgIpc) is 2.38. The Morgan fingerprint density at radius 3 is 2.65 bits per heavy atom. The Bertz CT molecular complexity index is 686. The highest BCUT2D eigenvalue weighted by atomic mass is 19.1. The van der Waals surface area contributed by atoms with Crippen LogP contribution in [0.15, 0.2) is 36.7 Å². The second-order valence-corrected chi connectivity index (χ2v) is 4.20. The maximum Gasteiger partial charge on any atom is 0.337 e. The van der Waals surface area contributed by atoms with Gasteiger partial charge < -0.3 is 10.4 Å². The first-order chi connectivity index (χ1) is 9.47. The number of carbonyl (C=O) groups excluding carboxylic acids is 1. The summed E-state index contributed by atoms with van der Waals surface area (Å²) in [7, 11) is 0. The van der Waals surface area contributed by atoms with Crippen molar-refractivity contribution in [2.75, 3.05) is 5.32 Å². The molecular formula is C14H11FN2O3. The number of rotatable bonds is 3. The van der Waals surface area contributed by atoms with Gasteiger partial charge in [0.05, 0.1) is 16.8 Å². The van der Waals surface area contributed by atoms with Crippen LogP contribution in [0.5, 0.6) is 0 Å². The number of carboxylic acid groups (broad SMARTS) is 1. The van der Waals surface area contributed by atoms with Gasteiger partial charge in [-0.25, -0.2) is 9.18 Å². The highest BCUT2D eigenvalue weighted by Gasteiger charge is 2.14. The van der Waals surface area contributed by atoms with Crippen molar-refractivity contribution in [2.24, 2.45) is 0 Å². The van der Waals surface area contributed by atoms with Gasteiger partial charge in [-0.1, -0.05) is 0 Å². The average molecular weight is 274 g/mol. The monoisotopic (exact) mass is 274 g/mol. The summed E-state index contributed by atoms with van der Waals surface area (Å²) in [4.78, 5) is 26.9. The highest BCUT2D eigenvalue weighted by molar-refractivity contribution is 6.07. The van der Waals surface area contributed by atoms with Crippen LogP contribution in [-0.2, 0) is 0 Å². The lowest BCUT2D eigenvalue weighted by Gasteiger charge is -2.08.